The molecule has 12 N–H and O–H groups in total. The summed E-state index contributed by atoms with van der Waals surface area (Å²) in [6.45, 7) is 3.89. The van der Waals surface area contributed by atoms with Gasteiger partial charge in [-0.25, -0.2) is 0 Å². The van der Waals surface area contributed by atoms with Crippen LogP contribution in [-0.4, -0.2) is 176 Å². The summed E-state index contributed by atoms with van der Waals surface area (Å²) in [6, 6.07) is -3.39. The smallest absolute Gasteiger partial charge is 0.246 e. The van der Waals surface area contributed by atoms with Gasteiger partial charge in [-0.15, -0.1) is 0 Å². The number of ether oxygens (including phenoxy) is 1. The lowest BCUT2D eigenvalue weighted by molar-refractivity contribution is -0.144. The number of rotatable bonds is 11. The average molecular weight is 1050 g/mol. The van der Waals surface area contributed by atoms with Crippen molar-refractivity contribution in [2.75, 3.05) is 52.2 Å². The highest BCUT2D eigenvalue weighted by molar-refractivity contribution is 7.99. The van der Waals surface area contributed by atoms with Crippen molar-refractivity contribution in [3.63, 3.8) is 0 Å². The minimum Gasteiger partial charge on any atom is -0.496 e. The van der Waals surface area contributed by atoms with E-state index >= 15 is 4.21 Å². The number of aromatic amines is 1. The third-order valence-corrected chi connectivity index (χ3v) is 16.9. The molecule has 2 fully saturated rings. The minimum atomic E-state index is -2.34. The number of carbonyl (C=O) groups excluding carboxylic acids is 9. The molecule has 2 aromatic rings. The standard InChI is InChI=1S/C47H67N9O14S2/c1-5-22(2)29-12-25(58)15-50-42(64)24-10-30-28-6-7-37(70-4)31(20-71-27-8-9-49-16-27)41(28)55-46(30)72(69)21-33(52-39(63)17-51-43(29)65)44(66)53-32(14-38(48)62)47(68)56-18-26(59)13-34(56)45(67)54-40(35(60)11-24)23(3)36(61)19-57/h6-7,22-24,26-27,29,32-34,36,40,49,55,57,59,61H,5,8-21H2,1-4H3,(H2,48,62)(H,50,64)(H,51,65)(H,52,63)(H,53,66)(H,54,67)/t22-,23-,24+,26+,27+,29-,32-,33-,34-,36-,40-,72?/m0/s1. The van der Waals surface area contributed by atoms with E-state index in [-0.39, 0.29) is 41.0 Å². The number of nitrogens with one attached hydrogen (secondary N) is 7. The van der Waals surface area contributed by atoms with Crippen LogP contribution in [0.1, 0.15) is 70.4 Å². The number of fused-ring (bicyclic) bond motifs is 5. The van der Waals surface area contributed by atoms with E-state index in [1.807, 2.05) is 0 Å². The molecule has 72 heavy (non-hydrogen) atoms. The molecule has 1 aromatic heterocycles. The van der Waals surface area contributed by atoms with E-state index in [9.17, 15) is 58.5 Å². The van der Waals surface area contributed by atoms with E-state index in [2.05, 4.69) is 36.9 Å². The van der Waals surface area contributed by atoms with E-state index in [1.54, 1.807) is 37.7 Å². The fourth-order valence-electron chi connectivity index (χ4n) is 9.68. The number of amides is 7. The van der Waals surface area contributed by atoms with Gasteiger partial charge in [0.05, 0.1) is 73.5 Å². The van der Waals surface area contributed by atoms with Gasteiger partial charge in [0.2, 0.25) is 41.4 Å². The van der Waals surface area contributed by atoms with Crippen LogP contribution in [0.25, 0.3) is 10.9 Å². The fourth-order valence-corrected chi connectivity index (χ4v) is 12.3. The number of thioether (sulfide) groups is 1. The number of methoxy groups -OCH3 is 1. The molecule has 7 amide bonds. The largest absolute Gasteiger partial charge is 0.496 e. The van der Waals surface area contributed by atoms with Crippen molar-refractivity contribution in [1.82, 2.24) is 41.8 Å². The molecule has 0 radical (unpaired) electrons. The Morgan fingerprint density at radius 1 is 0.972 bits per heavy atom. The van der Waals surface area contributed by atoms with Gasteiger partial charge in [0.15, 0.2) is 11.6 Å². The third-order valence-electron chi connectivity index (χ3n) is 14.1. The monoisotopic (exact) mass is 1050 g/mol. The number of hydrogen-bond acceptors (Lipinski definition) is 16. The second-order valence-electron chi connectivity index (χ2n) is 19.1. The van der Waals surface area contributed by atoms with Gasteiger partial charge in [0, 0.05) is 72.1 Å². The van der Waals surface area contributed by atoms with Gasteiger partial charge in [-0.05, 0) is 43.0 Å². The lowest BCUT2D eigenvalue weighted by atomic mass is 9.85. The third kappa shape index (κ3) is 13.4. The van der Waals surface area contributed by atoms with Crippen LogP contribution in [0, 0.1) is 23.7 Å². The van der Waals surface area contributed by atoms with E-state index in [1.165, 1.54) is 14.0 Å². The number of aromatic nitrogens is 1. The lowest BCUT2D eigenvalue weighted by Crippen LogP contribution is -2.60. The number of Topliss-reactive ketones (excluding diaryl/α,β-unsaturated/α-hetero) is 2. The predicted molar refractivity (Wildman–Crippen MR) is 262 cm³/mol. The number of benzene rings is 1. The SMILES string of the molecule is CC[C@H](C)[C@@H]1CC(=O)CNC(=O)[C@H]2CC(=O)[C@H]([C@@H](C)[C@@H](O)CO)NC(=O)[C@@H]3C[C@@H](O)CN3C(=O)[C@H](CC(N)=O)NC(=O)[C@H](CS(=O)c3[nH]c4c(CS[C@@H]5CCNC5)c(OC)ccc4c3C2)NC(=O)CNC1=O. The van der Waals surface area contributed by atoms with Crippen LogP contribution in [0.2, 0.25) is 0 Å². The zero-order valence-electron chi connectivity index (χ0n) is 40.8. The molecule has 12 atom stereocenters. The van der Waals surface area contributed by atoms with Crippen LogP contribution in [0.4, 0.5) is 0 Å². The maximum atomic E-state index is 15.2. The normalized spacial score (nSPS) is 29.0. The van der Waals surface area contributed by atoms with Crippen LogP contribution in [0.3, 0.4) is 0 Å². The van der Waals surface area contributed by atoms with Gasteiger partial charge >= 0.3 is 0 Å². The molecule has 0 aliphatic carbocycles. The number of aliphatic hydroxyl groups excluding tert-OH is 3. The first-order chi connectivity index (χ1) is 34.2. The van der Waals surface area contributed by atoms with E-state index in [0.29, 0.717) is 34.4 Å². The molecule has 1 aromatic carbocycles. The maximum Gasteiger partial charge on any atom is 0.246 e. The van der Waals surface area contributed by atoms with Gasteiger partial charge in [-0.3, -0.25) is 47.4 Å². The molecule has 25 heteroatoms. The summed E-state index contributed by atoms with van der Waals surface area (Å²) in [5.74, 6) is -11.9. The second kappa shape index (κ2) is 25.0. The molecule has 2 saturated heterocycles. The second-order valence-corrected chi connectivity index (χ2v) is 21.8. The summed E-state index contributed by atoms with van der Waals surface area (Å²) < 4.78 is 21.0. The molecule has 1 unspecified atom stereocenters. The van der Waals surface area contributed by atoms with E-state index < -0.39 is 163 Å². The molecule has 5 heterocycles. The zero-order valence-corrected chi connectivity index (χ0v) is 42.4. The molecule has 23 nitrogen and oxygen atoms in total. The fraction of sp³-hybridized carbons (Fsp3) is 0.638. The predicted octanol–water partition coefficient (Wildman–Crippen LogP) is -2.84. The average Bonchev–Trinajstić information content (AvgIpc) is 4.12. The first kappa shape index (κ1) is 55.8. The molecule has 4 aliphatic heterocycles. The molecular weight excluding hydrogens is 979 g/mol. The summed E-state index contributed by atoms with van der Waals surface area (Å²) >= 11 is 1.66. The number of hydrogen-bond donors (Lipinski definition) is 11. The van der Waals surface area contributed by atoms with Crippen molar-refractivity contribution in [2.24, 2.45) is 29.4 Å². The number of aliphatic hydroxyl groups is 3. The Bertz CT molecular complexity index is 2430. The number of nitrogens with zero attached hydrogens (tertiary/aromatic N) is 1. The highest BCUT2D eigenvalue weighted by atomic mass is 32.2. The molecule has 0 saturated carbocycles. The van der Waals surface area contributed by atoms with Gasteiger partial charge < -0.3 is 67.6 Å². The summed E-state index contributed by atoms with van der Waals surface area (Å²) in [4.78, 5) is 131. The number of primary amides is 1. The van der Waals surface area contributed by atoms with Crippen molar-refractivity contribution in [2.45, 2.75) is 118 Å². The Kier molecular flexibility index (Phi) is 19.4. The first-order valence-corrected chi connectivity index (χ1v) is 26.6. The Morgan fingerprint density at radius 3 is 2.38 bits per heavy atom. The first-order valence-electron chi connectivity index (χ1n) is 24.2. The summed E-state index contributed by atoms with van der Waals surface area (Å²) in [7, 11) is -0.847. The quantitative estimate of drug-likeness (QED) is 0.108. The van der Waals surface area contributed by atoms with Crippen molar-refractivity contribution in [3.05, 3.63) is 23.3 Å². The minimum absolute atomic E-state index is 0.0278. The summed E-state index contributed by atoms with van der Waals surface area (Å²) in [5, 5.41) is 48.5. The highest BCUT2D eigenvalue weighted by Gasteiger charge is 2.45. The van der Waals surface area contributed by atoms with Crippen LogP contribution >= 0.6 is 11.8 Å². The van der Waals surface area contributed by atoms with Crippen molar-refractivity contribution >= 4 is 86.4 Å². The molecular formula is C47H67N9O14S2. The molecule has 4 aliphatic rings. The molecule has 2 bridgehead atoms. The van der Waals surface area contributed by atoms with Gasteiger partial charge in [0.1, 0.15) is 28.9 Å². The number of H-pyrrole nitrogens is 1. The highest BCUT2D eigenvalue weighted by Crippen LogP contribution is 2.38. The summed E-state index contributed by atoms with van der Waals surface area (Å²) in [6.07, 6.45) is -4.17. The number of nitrogens with two attached hydrogens (primary N) is 1. The van der Waals surface area contributed by atoms with Crippen LogP contribution < -0.4 is 42.4 Å². The zero-order chi connectivity index (χ0) is 52.6. The van der Waals surface area contributed by atoms with Crippen LogP contribution in [0.15, 0.2) is 17.2 Å². The Labute approximate surface area is 422 Å². The Balaban J connectivity index is 1.58. The van der Waals surface area contributed by atoms with Gasteiger partial charge in [-0.2, -0.15) is 11.8 Å². The Hall–Kier alpha value is -5.47. The topological polar surface area (TPSA) is 358 Å². The molecule has 0 spiro atoms. The Morgan fingerprint density at radius 2 is 1.71 bits per heavy atom. The molecule has 6 rings (SSSR count). The van der Waals surface area contributed by atoms with E-state index in [0.717, 1.165) is 24.4 Å². The van der Waals surface area contributed by atoms with Gasteiger partial charge in [-0.1, -0.05) is 27.2 Å². The number of carbonyl (C=O) groups is 9. The number of ketones is 2. The molecule has 396 valence electrons. The van der Waals surface area contributed by atoms with Crippen LogP contribution in [0.5, 0.6) is 5.75 Å². The van der Waals surface area contributed by atoms with Crippen molar-refractivity contribution < 1.29 is 67.4 Å². The van der Waals surface area contributed by atoms with E-state index in [4.69, 9.17) is 10.5 Å². The van der Waals surface area contributed by atoms with Crippen molar-refractivity contribution in [1.29, 1.82) is 0 Å². The van der Waals surface area contributed by atoms with Crippen molar-refractivity contribution in [3.8, 4) is 5.75 Å². The summed E-state index contributed by atoms with van der Waals surface area (Å²) in [5.41, 5.74) is 6.94. The van der Waals surface area contributed by atoms with Gasteiger partial charge in [0.25, 0.3) is 0 Å². The maximum absolute atomic E-state index is 15.2. The lowest BCUT2D eigenvalue weighted by Gasteiger charge is -2.32. The van der Waals surface area contributed by atoms with Crippen LogP contribution in [-0.2, 0) is 66.1 Å².